The molecule has 0 aromatic heterocycles. The molecule has 1 atom stereocenters. The van der Waals surface area contributed by atoms with Crippen LogP contribution in [0.3, 0.4) is 0 Å². The van der Waals surface area contributed by atoms with E-state index in [1.165, 1.54) is 0 Å². The summed E-state index contributed by atoms with van der Waals surface area (Å²) in [5.41, 5.74) is 0. The first kappa shape index (κ1) is 9.96. The molecule has 0 aromatic rings. The minimum absolute atomic E-state index is 0.0571. The number of carbonyl (C=O) groups excluding carboxylic acids is 2. The number of amides is 1. The van der Waals surface area contributed by atoms with E-state index in [0.717, 1.165) is 12.8 Å². The minimum Gasteiger partial charge on any atom is -0.346 e. The van der Waals surface area contributed by atoms with E-state index in [9.17, 15) is 9.59 Å². The van der Waals surface area contributed by atoms with Crippen molar-refractivity contribution in [1.82, 2.24) is 5.32 Å². The smallest absolute Gasteiger partial charge is 0.224 e. The van der Waals surface area contributed by atoms with Gasteiger partial charge in [0.15, 0.2) is 5.78 Å². The summed E-state index contributed by atoms with van der Waals surface area (Å²) in [5, 5.41) is 2.72. The Hall–Kier alpha value is -1.12. The molecule has 1 N–H and O–H groups in total. The number of hydrogen-bond acceptors (Lipinski definition) is 2. The van der Waals surface area contributed by atoms with Gasteiger partial charge in [-0.3, -0.25) is 9.59 Å². The Kier molecular flexibility index (Phi) is 3.68. The summed E-state index contributed by atoms with van der Waals surface area (Å²) in [6.45, 7) is 1.87. The van der Waals surface area contributed by atoms with Crippen LogP contribution in [0.15, 0.2) is 12.2 Å². The fourth-order valence-electron chi connectivity index (χ4n) is 1.45. The third-order valence-electron chi connectivity index (χ3n) is 2.18. The molecule has 0 aromatic carbocycles. The van der Waals surface area contributed by atoms with E-state index in [-0.39, 0.29) is 17.7 Å². The molecule has 3 heteroatoms. The van der Waals surface area contributed by atoms with Crippen molar-refractivity contribution >= 4 is 11.7 Å². The van der Waals surface area contributed by atoms with Gasteiger partial charge >= 0.3 is 0 Å². The zero-order chi connectivity index (χ0) is 9.68. The highest BCUT2D eigenvalue weighted by Crippen LogP contribution is 2.14. The van der Waals surface area contributed by atoms with Gasteiger partial charge in [-0.05, 0) is 19.8 Å². The average molecular weight is 181 g/mol. The van der Waals surface area contributed by atoms with Crippen LogP contribution in [0.4, 0.5) is 0 Å². The number of rotatable bonds is 3. The Bertz CT molecular complexity index is 233. The van der Waals surface area contributed by atoms with Gasteiger partial charge in [-0.25, -0.2) is 0 Å². The lowest BCUT2D eigenvalue weighted by Gasteiger charge is -2.08. The van der Waals surface area contributed by atoms with Crippen LogP contribution >= 0.6 is 0 Å². The Labute approximate surface area is 78.2 Å². The van der Waals surface area contributed by atoms with Crippen LogP contribution in [-0.4, -0.2) is 17.7 Å². The SMILES string of the molecule is C/C=C\CC(=O)N[C@H]1CCCC1=O. The minimum atomic E-state index is -0.210. The predicted octanol–water partition coefficient (Wildman–Crippen LogP) is 1.19. The monoisotopic (exact) mass is 181 g/mol. The molecule has 1 rings (SSSR count). The molecule has 0 bridgehead atoms. The quantitative estimate of drug-likeness (QED) is 0.665. The number of nitrogens with one attached hydrogen (secondary N) is 1. The summed E-state index contributed by atoms with van der Waals surface area (Å²) in [7, 11) is 0. The molecule has 1 amide bonds. The summed E-state index contributed by atoms with van der Waals surface area (Å²) in [6, 6.07) is -0.210. The molecule has 72 valence electrons. The Morgan fingerprint density at radius 3 is 3.00 bits per heavy atom. The maximum Gasteiger partial charge on any atom is 0.224 e. The Morgan fingerprint density at radius 1 is 1.69 bits per heavy atom. The van der Waals surface area contributed by atoms with Crippen molar-refractivity contribution in [2.75, 3.05) is 0 Å². The van der Waals surface area contributed by atoms with Crippen LogP contribution in [0.25, 0.3) is 0 Å². The lowest BCUT2D eigenvalue weighted by molar-refractivity contribution is -0.126. The van der Waals surface area contributed by atoms with E-state index in [1.807, 2.05) is 13.0 Å². The van der Waals surface area contributed by atoms with Gasteiger partial charge in [0, 0.05) is 12.8 Å². The first-order valence-corrected chi connectivity index (χ1v) is 4.67. The fourth-order valence-corrected chi connectivity index (χ4v) is 1.45. The molecule has 0 heterocycles. The predicted molar refractivity (Wildman–Crippen MR) is 50.2 cm³/mol. The number of allylic oxidation sites excluding steroid dienone is 1. The molecule has 0 spiro atoms. The largest absolute Gasteiger partial charge is 0.346 e. The molecule has 1 fully saturated rings. The van der Waals surface area contributed by atoms with Gasteiger partial charge in [0.05, 0.1) is 6.04 Å². The Balaban J connectivity index is 2.31. The summed E-state index contributed by atoms with van der Waals surface area (Å²) in [5.74, 6) is 0.118. The van der Waals surface area contributed by atoms with Crippen LogP contribution in [0, 0.1) is 0 Å². The van der Waals surface area contributed by atoms with Crippen LogP contribution in [0.1, 0.15) is 32.6 Å². The van der Waals surface area contributed by atoms with E-state index < -0.39 is 0 Å². The molecule has 1 aliphatic rings. The summed E-state index contributed by atoms with van der Waals surface area (Å²) < 4.78 is 0. The topological polar surface area (TPSA) is 46.2 Å². The van der Waals surface area contributed by atoms with Crippen molar-refractivity contribution < 1.29 is 9.59 Å². The number of ketones is 1. The molecule has 0 unspecified atom stereocenters. The van der Waals surface area contributed by atoms with E-state index in [0.29, 0.717) is 12.8 Å². The first-order valence-electron chi connectivity index (χ1n) is 4.67. The molecular formula is C10H15NO2. The standard InChI is InChI=1S/C10H15NO2/c1-2-3-7-10(13)11-8-5-4-6-9(8)12/h2-3,8H,4-7H2,1H3,(H,11,13)/b3-2-/t8-/m0/s1. The lowest BCUT2D eigenvalue weighted by atomic mass is 10.2. The molecule has 0 aliphatic heterocycles. The van der Waals surface area contributed by atoms with E-state index >= 15 is 0 Å². The maximum atomic E-state index is 11.2. The van der Waals surface area contributed by atoms with Crippen molar-refractivity contribution in [3.63, 3.8) is 0 Å². The van der Waals surface area contributed by atoms with Crippen molar-refractivity contribution in [3.05, 3.63) is 12.2 Å². The van der Waals surface area contributed by atoms with Gasteiger partial charge in [-0.15, -0.1) is 0 Å². The highest BCUT2D eigenvalue weighted by molar-refractivity contribution is 5.90. The van der Waals surface area contributed by atoms with Gasteiger partial charge in [0.25, 0.3) is 0 Å². The lowest BCUT2D eigenvalue weighted by Crippen LogP contribution is -2.37. The van der Waals surface area contributed by atoms with Crippen molar-refractivity contribution in [2.45, 2.75) is 38.6 Å². The second-order valence-electron chi connectivity index (χ2n) is 3.25. The maximum absolute atomic E-state index is 11.2. The molecule has 0 radical (unpaired) electrons. The summed E-state index contributed by atoms with van der Waals surface area (Å²) >= 11 is 0. The molecule has 13 heavy (non-hydrogen) atoms. The zero-order valence-electron chi connectivity index (χ0n) is 7.88. The third-order valence-corrected chi connectivity index (χ3v) is 2.18. The molecule has 0 saturated heterocycles. The van der Waals surface area contributed by atoms with Crippen molar-refractivity contribution in [2.24, 2.45) is 0 Å². The molecule has 3 nitrogen and oxygen atoms in total. The van der Waals surface area contributed by atoms with Crippen LogP contribution in [-0.2, 0) is 9.59 Å². The van der Waals surface area contributed by atoms with Gasteiger partial charge < -0.3 is 5.32 Å². The summed E-state index contributed by atoms with van der Waals surface area (Å²) in [4.78, 5) is 22.3. The Morgan fingerprint density at radius 2 is 2.46 bits per heavy atom. The number of carbonyl (C=O) groups is 2. The van der Waals surface area contributed by atoms with Gasteiger partial charge in [-0.2, -0.15) is 0 Å². The molecule has 1 aliphatic carbocycles. The fraction of sp³-hybridized carbons (Fsp3) is 0.600. The average Bonchev–Trinajstić information content (AvgIpc) is 2.48. The van der Waals surface area contributed by atoms with Gasteiger partial charge in [0.2, 0.25) is 5.91 Å². The van der Waals surface area contributed by atoms with Crippen molar-refractivity contribution in [1.29, 1.82) is 0 Å². The van der Waals surface area contributed by atoms with Gasteiger partial charge in [0.1, 0.15) is 0 Å². The van der Waals surface area contributed by atoms with Crippen LogP contribution < -0.4 is 5.32 Å². The highest BCUT2D eigenvalue weighted by atomic mass is 16.2. The van der Waals surface area contributed by atoms with Crippen molar-refractivity contribution in [3.8, 4) is 0 Å². The number of Topliss-reactive ketones (excluding diaryl/α,β-unsaturated/α-hetero) is 1. The first-order chi connectivity index (χ1) is 6.24. The van der Waals surface area contributed by atoms with E-state index in [4.69, 9.17) is 0 Å². The van der Waals surface area contributed by atoms with Crippen LogP contribution in [0.5, 0.6) is 0 Å². The number of hydrogen-bond donors (Lipinski definition) is 1. The van der Waals surface area contributed by atoms with E-state index in [1.54, 1.807) is 6.08 Å². The van der Waals surface area contributed by atoms with Gasteiger partial charge in [-0.1, -0.05) is 12.2 Å². The van der Waals surface area contributed by atoms with E-state index in [2.05, 4.69) is 5.32 Å². The third kappa shape index (κ3) is 3.01. The molecular weight excluding hydrogens is 166 g/mol. The second kappa shape index (κ2) is 4.80. The van der Waals surface area contributed by atoms with Crippen LogP contribution in [0.2, 0.25) is 0 Å². The zero-order valence-corrected chi connectivity index (χ0v) is 7.88. The molecule has 1 saturated carbocycles. The highest BCUT2D eigenvalue weighted by Gasteiger charge is 2.24. The summed E-state index contributed by atoms with van der Waals surface area (Å²) in [6.07, 6.45) is 6.33. The normalized spacial score (nSPS) is 22.5. The second-order valence-corrected chi connectivity index (χ2v) is 3.25.